The first kappa shape index (κ1) is 12.9. The summed E-state index contributed by atoms with van der Waals surface area (Å²) in [5, 5.41) is 0. The number of guanidine groups is 1. The summed E-state index contributed by atoms with van der Waals surface area (Å²) < 4.78 is 0. The van der Waals surface area contributed by atoms with Gasteiger partial charge in [-0.2, -0.15) is 0 Å². The van der Waals surface area contributed by atoms with Crippen LogP contribution in [0.5, 0.6) is 0 Å². The van der Waals surface area contributed by atoms with Crippen molar-refractivity contribution < 1.29 is 0 Å². The summed E-state index contributed by atoms with van der Waals surface area (Å²) in [5.74, 6) is 0.674. The SMILES string of the molecule is Cc1cc(C)c(C2CN=C(N)N2C(C)C)cc1C. The van der Waals surface area contributed by atoms with Gasteiger partial charge in [-0.05, 0) is 56.9 Å². The molecule has 2 N–H and O–H groups in total. The topological polar surface area (TPSA) is 41.6 Å². The van der Waals surface area contributed by atoms with Crippen molar-refractivity contribution in [1.29, 1.82) is 0 Å². The predicted molar refractivity (Wildman–Crippen MR) is 76.9 cm³/mol. The number of nitrogens with zero attached hydrogens (tertiary/aromatic N) is 2. The molecular weight excluding hydrogens is 222 g/mol. The number of nitrogens with two attached hydrogens (primary N) is 1. The zero-order valence-corrected chi connectivity index (χ0v) is 12.0. The fourth-order valence-electron chi connectivity index (χ4n) is 2.72. The van der Waals surface area contributed by atoms with Crippen molar-refractivity contribution in [2.75, 3.05) is 6.54 Å². The number of aliphatic imine (C=N–C) groups is 1. The van der Waals surface area contributed by atoms with Crippen LogP contribution in [0.25, 0.3) is 0 Å². The average Bonchev–Trinajstić information content (AvgIpc) is 2.65. The maximum atomic E-state index is 6.00. The fraction of sp³-hybridized carbons (Fsp3) is 0.533. The van der Waals surface area contributed by atoms with Crippen molar-refractivity contribution in [3.8, 4) is 0 Å². The molecule has 0 aromatic heterocycles. The molecule has 1 aromatic rings. The van der Waals surface area contributed by atoms with Gasteiger partial charge in [-0.25, -0.2) is 0 Å². The molecule has 1 aromatic carbocycles. The van der Waals surface area contributed by atoms with E-state index in [0.717, 1.165) is 6.54 Å². The Morgan fingerprint density at radius 3 is 2.39 bits per heavy atom. The van der Waals surface area contributed by atoms with Gasteiger partial charge in [0.25, 0.3) is 0 Å². The lowest BCUT2D eigenvalue weighted by Gasteiger charge is -2.31. The highest BCUT2D eigenvalue weighted by Gasteiger charge is 2.30. The molecule has 1 unspecified atom stereocenters. The highest BCUT2D eigenvalue weighted by atomic mass is 15.3. The van der Waals surface area contributed by atoms with Gasteiger partial charge in [0.2, 0.25) is 0 Å². The molecule has 18 heavy (non-hydrogen) atoms. The third-order valence-corrected chi connectivity index (χ3v) is 3.82. The molecule has 0 saturated heterocycles. The van der Waals surface area contributed by atoms with Crippen molar-refractivity contribution in [3.05, 3.63) is 34.4 Å². The molecule has 3 nitrogen and oxygen atoms in total. The lowest BCUT2D eigenvalue weighted by atomic mass is 9.95. The molecule has 2 rings (SSSR count). The highest BCUT2D eigenvalue weighted by Crippen LogP contribution is 2.31. The van der Waals surface area contributed by atoms with Crippen molar-refractivity contribution in [1.82, 2.24) is 4.90 Å². The first-order valence-corrected chi connectivity index (χ1v) is 6.57. The second-order valence-corrected chi connectivity index (χ2v) is 5.51. The van der Waals surface area contributed by atoms with E-state index >= 15 is 0 Å². The van der Waals surface area contributed by atoms with Crippen LogP contribution in [0.3, 0.4) is 0 Å². The summed E-state index contributed by atoms with van der Waals surface area (Å²) in [6.07, 6.45) is 0. The van der Waals surface area contributed by atoms with Gasteiger partial charge in [0.1, 0.15) is 0 Å². The molecule has 0 aliphatic carbocycles. The molecule has 0 fully saturated rings. The van der Waals surface area contributed by atoms with Gasteiger partial charge >= 0.3 is 0 Å². The van der Waals surface area contributed by atoms with Crippen LogP contribution in [0.15, 0.2) is 17.1 Å². The number of rotatable bonds is 2. The minimum absolute atomic E-state index is 0.296. The monoisotopic (exact) mass is 245 g/mol. The lowest BCUT2D eigenvalue weighted by molar-refractivity contribution is 0.289. The molecule has 3 heteroatoms. The van der Waals surface area contributed by atoms with Crippen molar-refractivity contribution >= 4 is 5.96 Å². The van der Waals surface area contributed by atoms with E-state index in [0.29, 0.717) is 18.0 Å². The molecule has 0 spiro atoms. The molecule has 98 valence electrons. The molecule has 1 heterocycles. The second-order valence-electron chi connectivity index (χ2n) is 5.51. The van der Waals surface area contributed by atoms with Crippen molar-refractivity contribution in [3.63, 3.8) is 0 Å². The molecular formula is C15H23N3. The van der Waals surface area contributed by atoms with Gasteiger partial charge in [0.15, 0.2) is 5.96 Å². The van der Waals surface area contributed by atoms with E-state index < -0.39 is 0 Å². The quantitative estimate of drug-likeness (QED) is 0.870. The van der Waals surface area contributed by atoms with Gasteiger partial charge in [0, 0.05) is 6.04 Å². The molecule has 0 saturated carbocycles. The van der Waals surface area contributed by atoms with Gasteiger partial charge in [-0.1, -0.05) is 12.1 Å². The normalized spacial score (nSPS) is 19.6. The molecule has 0 radical (unpaired) electrons. The Morgan fingerprint density at radius 2 is 1.78 bits per heavy atom. The molecule has 1 aliphatic rings. The average molecular weight is 245 g/mol. The summed E-state index contributed by atoms with van der Waals surface area (Å²) in [6.45, 7) is 11.6. The maximum absolute atomic E-state index is 6.00. The van der Waals surface area contributed by atoms with Gasteiger partial charge in [0.05, 0.1) is 12.6 Å². The van der Waals surface area contributed by atoms with Crippen LogP contribution >= 0.6 is 0 Å². The number of hydrogen-bond acceptors (Lipinski definition) is 3. The third-order valence-electron chi connectivity index (χ3n) is 3.82. The van der Waals surface area contributed by atoms with E-state index in [-0.39, 0.29) is 0 Å². The largest absolute Gasteiger partial charge is 0.370 e. The summed E-state index contributed by atoms with van der Waals surface area (Å²) in [5.41, 5.74) is 11.4. The minimum atomic E-state index is 0.296. The summed E-state index contributed by atoms with van der Waals surface area (Å²) in [6, 6.07) is 5.22. The van der Waals surface area contributed by atoms with E-state index in [4.69, 9.17) is 5.73 Å². The Hall–Kier alpha value is -1.51. The zero-order valence-electron chi connectivity index (χ0n) is 12.0. The van der Waals surface area contributed by atoms with Crippen LogP contribution in [0.2, 0.25) is 0 Å². The molecule has 0 bridgehead atoms. The Kier molecular flexibility index (Phi) is 3.33. The number of hydrogen-bond donors (Lipinski definition) is 1. The van der Waals surface area contributed by atoms with Crippen LogP contribution < -0.4 is 5.73 Å². The van der Waals surface area contributed by atoms with Gasteiger partial charge in [-0.3, -0.25) is 4.99 Å². The lowest BCUT2D eigenvalue weighted by Crippen LogP contribution is -2.41. The van der Waals surface area contributed by atoms with E-state index in [1.54, 1.807) is 0 Å². The summed E-state index contributed by atoms with van der Waals surface area (Å²) in [4.78, 5) is 6.63. The van der Waals surface area contributed by atoms with E-state index in [2.05, 4.69) is 56.6 Å². The fourth-order valence-corrected chi connectivity index (χ4v) is 2.72. The Balaban J connectivity index is 2.41. The minimum Gasteiger partial charge on any atom is -0.370 e. The Bertz CT molecular complexity index is 489. The van der Waals surface area contributed by atoms with Gasteiger partial charge < -0.3 is 10.6 Å². The summed E-state index contributed by atoms with van der Waals surface area (Å²) in [7, 11) is 0. The zero-order chi connectivity index (χ0) is 13.4. The number of benzene rings is 1. The Labute approximate surface area is 110 Å². The van der Waals surface area contributed by atoms with Crippen LogP contribution in [0.1, 0.15) is 42.1 Å². The highest BCUT2D eigenvalue weighted by molar-refractivity contribution is 5.80. The maximum Gasteiger partial charge on any atom is 0.192 e. The Morgan fingerprint density at radius 1 is 1.17 bits per heavy atom. The van der Waals surface area contributed by atoms with E-state index in [9.17, 15) is 0 Å². The molecule has 0 amide bonds. The van der Waals surface area contributed by atoms with Crippen molar-refractivity contribution in [2.24, 2.45) is 10.7 Å². The third kappa shape index (κ3) is 2.09. The van der Waals surface area contributed by atoms with Crippen LogP contribution in [-0.2, 0) is 0 Å². The van der Waals surface area contributed by atoms with Crippen LogP contribution in [0, 0.1) is 20.8 Å². The smallest absolute Gasteiger partial charge is 0.192 e. The second kappa shape index (κ2) is 4.63. The van der Waals surface area contributed by atoms with Crippen LogP contribution in [0.4, 0.5) is 0 Å². The standard InChI is InChI=1S/C15H23N3/c1-9(2)18-14(8-17-15(18)16)13-7-11(4)10(3)6-12(13)5/h6-7,9,14H,8H2,1-5H3,(H2,16,17). The molecule has 1 atom stereocenters. The number of aryl methyl sites for hydroxylation is 3. The summed E-state index contributed by atoms with van der Waals surface area (Å²) >= 11 is 0. The van der Waals surface area contributed by atoms with E-state index in [1.165, 1.54) is 22.3 Å². The molecule has 1 aliphatic heterocycles. The predicted octanol–water partition coefficient (Wildman–Crippen LogP) is 2.69. The van der Waals surface area contributed by atoms with Crippen molar-refractivity contribution in [2.45, 2.75) is 46.7 Å². The van der Waals surface area contributed by atoms with E-state index in [1.807, 2.05) is 0 Å². The van der Waals surface area contributed by atoms with Gasteiger partial charge in [-0.15, -0.1) is 0 Å². The first-order chi connectivity index (χ1) is 8.41. The van der Waals surface area contributed by atoms with Crippen LogP contribution in [-0.4, -0.2) is 23.4 Å². The first-order valence-electron chi connectivity index (χ1n) is 6.57.